The van der Waals surface area contributed by atoms with E-state index in [0.717, 1.165) is 17.5 Å². The monoisotopic (exact) mass is 409 g/mol. The molecule has 5 atom stereocenters. The van der Waals surface area contributed by atoms with E-state index in [1.54, 1.807) is 12.1 Å². The zero-order chi connectivity index (χ0) is 21.3. The number of methoxy groups -OCH3 is 1. The van der Waals surface area contributed by atoms with E-state index in [0.29, 0.717) is 12.0 Å². The number of carbonyl (C=O) groups is 2. The molecular formula is C23H27N3O4. The molecule has 30 heavy (non-hydrogen) atoms. The average molecular weight is 409 g/mol. The number of rotatable bonds is 5. The van der Waals surface area contributed by atoms with Crippen LogP contribution in [0.5, 0.6) is 0 Å². The Kier molecular flexibility index (Phi) is 5.85. The van der Waals surface area contributed by atoms with E-state index in [-0.39, 0.29) is 30.1 Å². The smallest absolute Gasteiger partial charge is 0.337 e. The van der Waals surface area contributed by atoms with Gasteiger partial charge in [-0.15, -0.1) is 0 Å². The summed E-state index contributed by atoms with van der Waals surface area (Å²) in [5.41, 5.74) is 10.3. The number of hydrogen-bond donors (Lipinski definition) is 4. The lowest BCUT2D eigenvalue weighted by Gasteiger charge is -2.39. The highest BCUT2D eigenvalue weighted by Crippen LogP contribution is 2.42. The van der Waals surface area contributed by atoms with Gasteiger partial charge in [0.25, 0.3) is 0 Å². The number of ether oxygens (including phenoxy) is 1. The molecule has 2 aromatic rings. The molecule has 2 aliphatic heterocycles. The Hall–Kier alpha value is -2.74. The van der Waals surface area contributed by atoms with Crippen LogP contribution in [-0.2, 0) is 16.0 Å². The lowest BCUT2D eigenvalue weighted by atomic mass is 9.74. The summed E-state index contributed by atoms with van der Waals surface area (Å²) in [6.45, 7) is 2.11. The van der Waals surface area contributed by atoms with E-state index in [9.17, 15) is 14.7 Å². The Labute approximate surface area is 175 Å². The van der Waals surface area contributed by atoms with Gasteiger partial charge in [0.1, 0.15) is 0 Å². The summed E-state index contributed by atoms with van der Waals surface area (Å²) >= 11 is 0. The predicted octanol–water partition coefficient (Wildman–Crippen LogP) is 2.56. The van der Waals surface area contributed by atoms with Crippen molar-refractivity contribution in [1.82, 2.24) is 16.2 Å². The minimum atomic E-state index is -0.789. The van der Waals surface area contributed by atoms with Gasteiger partial charge in [-0.3, -0.25) is 10.1 Å². The van der Waals surface area contributed by atoms with E-state index in [2.05, 4.69) is 47.4 Å². The van der Waals surface area contributed by atoms with Crippen molar-refractivity contribution in [1.29, 1.82) is 0 Å². The molecule has 0 spiro atoms. The van der Waals surface area contributed by atoms with Gasteiger partial charge in [-0.05, 0) is 41.7 Å². The first-order chi connectivity index (χ1) is 14.5. The minimum Gasteiger partial charge on any atom is -0.481 e. The highest BCUT2D eigenvalue weighted by molar-refractivity contribution is 5.89. The molecule has 0 saturated carbocycles. The fraction of sp³-hybridized carbons (Fsp3) is 0.391. The maximum Gasteiger partial charge on any atom is 0.337 e. The maximum atomic E-state index is 12.2. The number of hydrazine groups is 1. The van der Waals surface area contributed by atoms with Crippen molar-refractivity contribution in [2.45, 2.75) is 38.0 Å². The second-order valence-electron chi connectivity index (χ2n) is 7.93. The van der Waals surface area contributed by atoms with Crippen molar-refractivity contribution in [3.8, 4) is 0 Å². The molecule has 5 unspecified atom stereocenters. The molecule has 2 aliphatic rings. The van der Waals surface area contributed by atoms with Crippen LogP contribution in [0.3, 0.4) is 0 Å². The number of carboxylic acid groups (broad SMARTS) is 1. The van der Waals surface area contributed by atoms with Crippen molar-refractivity contribution in [3.05, 3.63) is 70.8 Å². The average Bonchev–Trinajstić information content (AvgIpc) is 3.22. The van der Waals surface area contributed by atoms with Gasteiger partial charge in [0, 0.05) is 12.0 Å². The second kappa shape index (κ2) is 8.55. The summed E-state index contributed by atoms with van der Waals surface area (Å²) in [4.78, 5) is 23.9. The van der Waals surface area contributed by atoms with E-state index in [4.69, 9.17) is 4.74 Å². The third kappa shape index (κ3) is 3.84. The number of piperidine rings is 1. The minimum absolute atomic E-state index is 0.0860. The molecule has 2 heterocycles. The number of hydrogen-bond acceptors (Lipinski definition) is 6. The number of nitrogens with one attached hydrogen (secondary N) is 3. The van der Waals surface area contributed by atoms with E-state index in [1.807, 2.05) is 12.1 Å². The molecule has 2 saturated heterocycles. The number of fused-ring (bicyclic) bond motifs is 1. The summed E-state index contributed by atoms with van der Waals surface area (Å²) in [7, 11) is 1.35. The summed E-state index contributed by atoms with van der Waals surface area (Å²) in [6.07, 6.45) is 1.26. The van der Waals surface area contributed by atoms with Gasteiger partial charge in [-0.2, -0.15) is 0 Å². The third-order valence-electron chi connectivity index (χ3n) is 6.30. The van der Waals surface area contributed by atoms with Crippen molar-refractivity contribution in [2.24, 2.45) is 11.8 Å². The maximum absolute atomic E-state index is 12.2. The predicted molar refractivity (Wildman–Crippen MR) is 112 cm³/mol. The largest absolute Gasteiger partial charge is 0.481 e. The number of esters is 1. The van der Waals surface area contributed by atoms with Gasteiger partial charge in [0.15, 0.2) is 0 Å². The van der Waals surface area contributed by atoms with Crippen LogP contribution in [0.1, 0.15) is 52.5 Å². The molecule has 4 rings (SSSR count). The van der Waals surface area contributed by atoms with Crippen molar-refractivity contribution in [3.63, 3.8) is 0 Å². The van der Waals surface area contributed by atoms with Crippen LogP contribution in [0.4, 0.5) is 0 Å². The quantitative estimate of drug-likeness (QED) is 0.563. The normalized spacial score (nSPS) is 28.0. The number of carbonyl (C=O) groups excluding carboxylic acids is 1. The Morgan fingerprint density at radius 2 is 1.70 bits per heavy atom. The highest BCUT2D eigenvalue weighted by atomic mass is 16.5. The zero-order valence-electron chi connectivity index (χ0n) is 17.1. The van der Waals surface area contributed by atoms with Crippen molar-refractivity contribution >= 4 is 11.9 Å². The highest BCUT2D eigenvalue weighted by Gasteiger charge is 2.49. The molecule has 0 aliphatic carbocycles. The molecule has 2 aromatic carbocycles. The van der Waals surface area contributed by atoms with E-state index < -0.39 is 11.9 Å². The van der Waals surface area contributed by atoms with Crippen LogP contribution < -0.4 is 16.2 Å². The summed E-state index contributed by atoms with van der Waals surface area (Å²) in [5, 5.41) is 13.5. The molecule has 4 N–H and O–H groups in total. The lowest BCUT2D eigenvalue weighted by Crippen LogP contribution is -2.53. The molecule has 0 radical (unpaired) electrons. The van der Waals surface area contributed by atoms with E-state index >= 15 is 0 Å². The fourth-order valence-corrected chi connectivity index (χ4v) is 4.61. The second-order valence-corrected chi connectivity index (χ2v) is 7.93. The van der Waals surface area contributed by atoms with Crippen molar-refractivity contribution < 1.29 is 19.4 Å². The lowest BCUT2D eigenvalue weighted by molar-refractivity contribution is -0.146. The first-order valence-electron chi connectivity index (χ1n) is 10.3. The molecular weight excluding hydrogens is 382 g/mol. The molecule has 7 nitrogen and oxygen atoms in total. The third-order valence-corrected chi connectivity index (χ3v) is 6.30. The van der Waals surface area contributed by atoms with Crippen LogP contribution in [0.2, 0.25) is 0 Å². The first-order valence-corrected chi connectivity index (χ1v) is 10.3. The molecule has 2 fully saturated rings. The van der Waals surface area contributed by atoms with Crippen molar-refractivity contribution in [2.75, 3.05) is 7.11 Å². The topological polar surface area (TPSA) is 99.7 Å². The summed E-state index contributed by atoms with van der Waals surface area (Å²) < 4.78 is 4.74. The van der Waals surface area contributed by atoms with Gasteiger partial charge >= 0.3 is 11.9 Å². The molecule has 0 bridgehead atoms. The van der Waals surface area contributed by atoms with Gasteiger partial charge in [0.05, 0.1) is 30.8 Å². The first kappa shape index (κ1) is 20.5. The summed E-state index contributed by atoms with van der Waals surface area (Å²) in [5.74, 6) is -1.82. The Morgan fingerprint density at radius 3 is 2.30 bits per heavy atom. The SMILES string of the molecule is CCc1ccc(C2NNC3NC(c4ccc(C(=O)OC)cc4)CC(C(=O)O)C32)cc1. The molecule has 0 amide bonds. The number of aliphatic carboxylic acids is 1. The molecule has 0 aromatic heterocycles. The van der Waals surface area contributed by atoms with Crippen LogP contribution >= 0.6 is 0 Å². The fourth-order valence-electron chi connectivity index (χ4n) is 4.61. The summed E-state index contributed by atoms with van der Waals surface area (Å²) in [6, 6.07) is 15.3. The van der Waals surface area contributed by atoms with E-state index in [1.165, 1.54) is 12.7 Å². The number of carboxylic acids is 1. The Bertz CT molecular complexity index is 913. The van der Waals surface area contributed by atoms with Gasteiger partial charge < -0.3 is 9.84 Å². The van der Waals surface area contributed by atoms with Gasteiger partial charge in [0.2, 0.25) is 0 Å². The number of benzene rings is 2. The molecule has 158 valence electrons. The van der Waals surface area contributed by atoms with Crippen LogP contribution in [0, 0.1) is 11.8 Å². The van der Waals surface area contributed by atoms with Crippen LogP contribution in [0.25, 0.3) is 0 Å². The van der Waals surface area contributed by atoms with Crippen LogP contribution in [-0.4, -0.2) is 30.3 Å². The Balaban J connectivity index is 1.56. The standard InChI is InChI=1S/C23H27N3O4/c1-3-13-4-6-15(7-5-13)20-19-17(22(27)28)12-18(24-21(19)26-25-20)14-8-10-16(11-9-14)23(29)30-2/h4-11,17-21,24-26H,3,12H2,1-2H3,(H,27,28). The zero-order valence-corrected chi connectivity index (χ0v) is 17.1. The number of aryl methyl sites for hydroxylation is 1. The van der Waals surface area contributed by atoms with Crippen LogP contribution in [0.15, 0.2) is 48.5 Å². The van der Waals surface area contributed by atoms with Gasteiger partial charge in [-0.1, -0.05) is 43.3 Å². The van der Waals surface area contributed by atoms with Gasteiger partial charge in [-0.25, -0.2) is 15.6 Å². The molecule has 7 heteroatoms. The Morgan fingerprint density at radius 1 is 1.03 bits per heavy atom.